The minimum absolute atomic E-state index is 0.00951. The maximum absolute atomic E-state index is 12.7. The van der Waals surface area contributed by atoms with Gasteiger partial charge in [-0.3, -0.25) is 4.79 Å². The van der Waals surface area contributed by atoms with Gasteiger partial charge in [0.05, 0.1) is 24.8 Å². The quantitative estimate of drug-likeness (QED) is 0.842. The van der Waals surface area contributed by atoms with Crippen molar-refractivity contribution in [3.8, 4) is 5.75 Å². The van der Waals surface area contributed by atoms with Crippen LogP contribution in [0.4, 0.5) is 0 Å². The van der Waals surface area contributed by atoms with Gasteiger partial charge in [-0.15, -0.1) is 0 Å². The summed E-state index contributed by atoms with van der Waals surface area (Å²) in [6, 6.07) is 5.14. The summed E-state index contributed by atoms with van der Waals surface area (Å²) in [7, 11) is 1.55. The molecule has 0 radical (unpaired) electrons. The number of carbonyl (C=O) groups is 1. The van der Waals surface area contributed by atoms with Crippen LogP contribution in [0.15, 0.2) is 18.2 Å². The molecule has 1 amide bonds. The number of ether oxygens (including phenoxy) is 2. The van der Waals surface area contributed by atoms with Gasteiger partial charge in [-0.05, 0) is 37.5 Å². The van der Waals surface area contributed by atoms with Gasteiger partial charge in [0.1, 0.15) is 5.75 Å². The van der Waals surface area contributed by atoms with Gasteiger partial charge in [0.2, 0.25) is 0 Å². The van der Waals surface area contributed by atoms with Crippen LogP contribution in [0.5, 0.6) is 5.75 Å². The summed E-state index contributed by atoms with van der Waals surface area (Å²) < 4.78 is 10.9. The van der Waals surface area contributed by atoms with Crippen molar-refractivity contribution < 1.29 is 14.3 Å². The molecule has 4 nitrogen and oxygen atoms in total. The fraction of sp³-hybridized carbons (Fsp3) is 0.533. The molecule has 0 aliphatic carbocycles. The molecular weight excluding hydrogens is 278 g/mol. The van der Waals surface area contributed by atoms with Crippen molar-refractivity contribution in [3.05, 3.63) is 28.8 Å². The molecule has 2 saturated heterocycles. The molecule has 1 aromatic carbocycles. The zero-order valence-electron chi connectivity index (χ0n) is 11.5. The lowest BCUT2D eigenvalue weighted by atomic mass is 9.79. The largest absolute Gasteiger partial charge is 0.496 e. The highest BCUT2D eigenvalue weighted by Gasteiger charge is 2.48. The van der Waals surface area contributed by atoms with E-state index >= 15 is 0 Å². The molecule has 3 rings (SSSR count). The van der Waals surface area contributed by atoms with Gasteiger partial charge >= 0.3 is 0 Å². The molecule has 0 bridgehead atoms. The molecule has 0 N–H and O–H groups in total. The summed E-state index contributed by atoms with van der Waals surface area (Å²) in [6.45, 7) is 2.23. The van der Waals surface area contributed by atoms with Crippen LogP contribution in [0.25, 0.3) is 0 Å². The Kier molecular flexibility index (Phi) is 3.61. The zero-order valence-corrected chi connectivity index (χ0v) is 12.3. The Bertz CT molecular complexity index is 526. The first-order valence-electron chi connectivity index (χ1n) is 6.89. The molecule has 1 spiro atoms. The number of benzene rings is 1. The van der Waals surface area contributed by atoms with Gasteiger partial charge in [-0.25, -0.2) is 0 Å². The van der Waals surface area contributed by atoms with E-state index in [4.69, 9.17) is 21.1 Å². The average Bonchev–Trinajstić information content (AvgIpc) is 2.46. The van der Waals surface area contributed by atoms with Gasteiger partial charge in [0, 0.05) is 18.2 Å². The second kappa shape index (κ2) is 5.26. The topological polar surface area (TPSA) is 38.8 Å². The minimum Gasteiger partial charge on any atom is -0.496 e. The van der Waals surface area contributed by atoms with Gasteiger partial charge in [0.25, 0.3) is 5.91 Å². The Morgan fingerprint density at radius 2 is 2.30 bits per heavy atom. The molecule has 1 aromatic rings. The van der Waals surface area contributed by atoms with E-state index < -0.39 is 0 Å². The first kappa shape index (κ1) is 13.7. The molecule has 2 heterocycles. The number of nitrogens with zero attached hydrogens (tertiary/aromatic N) is 1. The fourth-order valence-corrected chi connectivity index (χ4v) is 3.25. The highest BCUT2D eigenvalue weighted by Crippen LogP contribution is 2.39. The van der Waals surface area contributed by atoms with Crippen molar-refractivity contribution >= 4 is 17.5 Å². The van der Waals surface area contributed by atoms with Crippen molar-refractivity contribution in [2.24, 2.45) is 0 Å². The first-order valence-corrected chi connectivity index (χ1v) is 7.27. The van der Waals surface area contributed by atoms with E-state index in [1.807, 2.05) is 4.90 Å². The van der Waals surface area contributed by atoms with Crippen molar-refractivity contribution in [2.75, 3.05) is 26.9 Å². The molecule has 0 saturated carbocycles. The SMILES string of the molecule is COc1cc(Cl)ccc1C(=O)N1CCC12CCCOC2. The van der Waals surface area contributed by atoms with Crippen LogP contribution in [0.2, 0.25) is 5.02 Å². The maximum atomic E-state index is 12.7. The van der Waals surface area contributed by atoms with Crippen LogP contribution in [-0.4, -0.2) is 43.2 Å². The predicted octanol–water partition coefficient (Wildman–Crippen LogP) is 2.74. The van der Waals surface area contributed by atoms with Crippen LogP contribution in [0, 0.1) is 0 Å². The van der Waals surface area contributed by atoms with Crippen LogP contribution < -0.4 is 4.74 Å². The standard InChI is InChI=1S/C15H18ClNO3/c1-19-13-9-11(16)3-4-12(13)14(18)17-7-6-15(17)5-2-8-20-10-15/h3-4,9H,2,5-8,10H2,1H3. The highest BCUT2D eigenvalue weighted by atomic mass is 35.5. The lowest BCUT2D eigenvalue weighted by molar-refractivity contribution is -0.0883. The van der Waals surface area contributed by atoms with Crippen LogP contribution in [0.1, 0.15) is 29.6 Å². The maximum Gasteiger partial charge on any atom is 0.258 e. The van der Waals surface area contributed by atoms with Gasteiger partial charge in [0.15, 0.2) is 0 Å². The Morgan fingerprint density at radius 3 is 2.90 bits per heavy atom. The second-order valence-electron chi connectivity index (χ2n) is 5.43. The first-order chi connectivity index (χ1) is 9.66. The molecular formula is C15H18ClNO3. The van der Waals surface area contributed by atoms with Crippen LogP contribution in [0.3, 0.4) is 0 Å². The molecule has 1 unspecified atom stereocenters. The summed E-state index contributed by atoms with van der Waals surface area (Å²) in [4.78, 5) is 14.7. The van der Waals surface area contributed by atoms with E-state index in [0.29, 0.717) is 22.9 Å². The molecule has 2 aliphatic rings. The summed E-state index contributed by atoms with van der Waals surface area (Å²) in [5.41, 5.74) is 0.474. The summed E-state index contributed by atoms with van der Waals surface area (Å²) in [5.74, 6) is 0.538. The van der Waals surface area contributed by atoms with Gasteiger partial charge < -0.3 is 14.4 Å². The number of rotatable bonds is 2. The number of amides is 1. The Morgan fingerprint density at radius 1 is 1.45 bits per heavy atom. The third kappa shape index (κ3) is 2.17. The third-order valence-corrected chi connectivity index (χ3v) is 4.55. The molecule has 108 valence electrons. The number of hydrogen-bond donors (Lipinski definition) is 0. The van der Waals surface area contributed by atoms with Crippen LogP contribution >= 0.6 is 11.6 Å². The zero-order chi connectivity index (χ0) is 14.2. The number of carbonyl (C=O) groups excluding carboxylic acids is 1. The summed E-state index contributed by atoms with van der Waals surface area (Å²) in [6.07, 6.45) is 3.06. The van der Waals surface area contributed by atoms with Crippen molar-refractivity contribution in [1.82, 2.24) is 4.90 Å². The Labute approximate surface area is 123 Å². The fourth-order valence-electron chi connectivity index (χ4n) is 3.09. The molecule has 5 heteroatoms. The average molecular weight is 296 g/mol. The second-order valence-corrected chi connectivity index (χ2v) is 5.87. The molecule has 1 atom stereocenters. The van der Waals surface area contributed by atoms with E-state index in [0.717, 1.165) is 32.4 Å². The van der Waals surface area contributed by atoms with E-state index in [9.17, 15) is 4.79 Å². The summed E-state index contributed by atoms with van der Waals surface area (Å²) >= 11 is 5.94. The molecule has 0 aromatic heterocycles. The highest BCUT2D eigenvalue weighted by molar-refractivity contribution is 6.30. The predicted molar refractivity (Wildman–Crippen MR) is 76.4 cm³/mol. The monoisotopic (exact) mass is 295 g/mol. The normalized spacial score (nSPS) is 25.4. The third-order valence-electron chi connectivity index (χ3n) is 4.31. The summed E-state index contributed by atoms with van der Waals surface area (Å²) in [5, 5.41) is 0.567. The number of methoxy groups -OCH3 is 1. The van der Waals surface area contributed by atoms with Crippen molar-refractivity contribution in [2.45, 2.75) is 24.8 Å². The van der Waals surface area contributed by atoms with Crippen molar-refractivity contribution in [1.29, 1.82) is 0 Å². The van der Waals surface area contributed by atoms with Crippen LogP contribution in [-0.2, 0) is 4.74 Å². The smallest absolute Gasteiger partial charge is 0.258 e. The lowest BCUT2D eigenvalue weighted by Crippen LogP contribution is -2.65. The van der Waals surface area contributed by atoms with Gasteiger partial charge in [-0.2, -0.15) is 0 Å². The number of likely N-dealkylation sites (tertiary alicyclic amines) is 1. The molecule has 2 aliphatic heterocycles. The lowest BCUT2D eigenvalue weighted by Gasteiger charge is -2.54. The van der Waals surface area contributed by atoms with Gasteiger partial charge in [-0.1, -0.05) is 11.6 Å². The van der Waals surface area contributed by atoms with E-state index in [1.165, 1.54) is 0 Å². The van der Waals surface area contributed by atoms with E-state index in [-0.39, 0.29) is 11.4 Å². The van der Waals surface area contributed by atoms with E-state index in [1.54, 1.807) is 25.3 Å². The number of hydrogen-bond acceptors (Lipinski definition) is 3. The minimum atomic E-state index is -0.0972. The Hall–Kier alpha value is -1.26. The molecule has 2 fully saturated rings. The van der Waals surface area contributed by atoms with Crippen molar-refractivity contribution in [3.63, 3.8) is 0 Å². The Balaban J connectivity index is 1.86. The molecule has 20 heavy (non-hydrogen) atoms. The van der Waals surface area contributed by atoms with E-state index in [2.05, 4.69) is 0 Å². The number of halogens is 1.